The van der Waals surface area contributed by atoms with Gasteiger partial charge in [-0.2, -0.15) is 0 Å². The Bertz CT molecular complexity index is 134. The predicted octanol–water partition coefficient (Wildman–Crippen LogP) is 0.843. The van der Waals surface area contributed by atoms with E-state index in [1.807, 2.05) is 6.08 Å². The van der Waals surface area contributed by atoms with Crippen LogP contribution in [-0.4, -0.2) is 19.1 Å². The lowest BCUT2D eigenvalue weighted by molar-refractivity contribution is -0.142. The highest BCUT2D eigenvalue weighted by Gasteiger charge is 2.11. The standard InChI is InChI=1S/C8H15NO2/c1-3-4-5-6-7(9)8(10)11-2/h3,7H,1,4-6,9H2,2H3. The summed E-state index contributed by atoms with van der Waals surface area (Å²) in [6.07, 6.45) is 4.26. The van der Waals surface area contributed by atoms with Crippen molar-refractivity contribution < 1.29 is 9.53 Å². The maximum atomic E-state index is 10.7. The average Bonchev–Trinajstić information content (AvgIpc) is 2.03. The van der Waals surface area contributed by atoms with Crippen molar-refractivity contribution in [3.63, 3.8) is 0 Å². The Morgan fingerprint density at radius 2 is 2.45 bits per heavy atom. The number of nitrogens with two attached hydrogens (primary N) is 1. The van der Waals surface area contributed by atoms with Crippen LogP contribution >= 0.6 is 0 Å². The van der Waals surface area contributed by atoms with E-state index in [9.17, 15) is 4.79 Å². The van der Waals surface area contributed by atoms with E-state index < -0.39 is 6.04 Å². The third-order valence-corrected chi connectivity index (χ3v) is 1.43. The lowest BCUT2D eigenvalue weighted by atomic mass is 10.1. The molecule has 0 saturated heterocycles. The highest BCUT2D eigenvalue weighted by atomic mass is 16.5. The Hall–Kier alpha value is -0.830. The van der Waals surface area contributed by atoms with Gasteiger partial charge in [-0.25, -0.2) is 0 Å². The minimum absolute atomic E-state index is 0.339. The van der Waals surface area contributed by atoms with Gasteiger partial charge in [0.15, 0.2) is 0 Å². The Morgan fingerprint density at radius 3 is 2.91 bits per heavy atom. The van der Waals surface area contributed by atoms with Gasteiger partial charge in [-0.1, -0.05) is 6.08 Å². The van der Waals surface area contributed by atoms with Crippen molar-refractivity contribution in [2.45, 2.75) is 25.3 Å². The first kappa shape index (κ1) is 10.2. The lowest BCUT2D eigenvalue weighted by Gasteiger charge is -2.06. The highest BCUT2D eigenvalue weighted by Crippen LogP contribution is 2.00. The van der Waals surface area contributed by atoms with Crippen molar-refractivity contribution in [1.29, 1.82) is 0 Å². The van der Waals surface area contributed by atoms with Crippen LogP contribution in [-0.2, 0) is 9.53 Å². The van der Waals surface area contributed by atoms with Crippen molar-refractivity contribution >= 4 is 5.97 Å². The zero-order chi connectivity index (χ0) is 8.69. The molecule has 2 N–H and O–H groups in total. The maximum absolute atomic E-state index is 10.7. The number of carbonyl (C=O) groups is 1. The van der Waals surface area contributed by atoms with Gasteiger partial charge in [-0.15, -0.1) is 6.58 Å². The monoisotopic (exact) mass is 157 g/mol. The molecule has 0 heterocycles. The molecule has 0 aromatic heterocycles. The first-order valence-electron chi connectivity index (χ1n) is 3.66. The molecule has 0 aromatic rings. The largest absolute Gasteiger partial charge is 0.468 e. The van der Waals surface area contributed by atoms with Crippen LogP contribution in [0.3, 0.4) is 0 Å². The number of ether oxygens (including phenoxy) is 1. The summed E-state index contributed by atoms with van der Waals surface area (Å²) in [5.74, 6) is -0.339. The molecule has 0 amide bonds. The van der Waals surface area contributed by atoms with Crippen molar-refractivity contribution in [3.8, 4) is 0 Å². The minimum atomic E-state index is -0.472. The van der Waals surface area contributed by atoms with Crippen molar-refractivity contribution in [3.05, 3.63) is 12.7 Å². The first-order valence-corrected chi connectivity index (χ1v) is 3.66. The molecule has 0 saturated carbocycles. The fraction of sp³-hybridized carbons (Fsp3) is 0.625. The average molecular weight is 157 g/mol. The Kier molecular flexibility index (Phi) is 5.47. The molecule has 0 aliphatic heterocycles. The molecule has 11 heavy (non-hydrogen) atoms. The Labute approximate surface area is 67.2 Å². The van der Waals surface area contributed by atoms with Crippen LogP contribution in [0.1, 0.15) is 19.3 Å². The third kappa shape index (κ3) is 4.56. The SMILES string of the molecule is C=CCCCC(N)C(=O)OC. The highest BCUT2D eigenvalue weighted by molar-refractivity contribution is 5.75. The van der Waals surface area contributed by atoms with Crippen molar-refractivity contribution in [1.82, 2.24) is 0 Å². The summed E-state index contributed by atoms with van der Waals surface area (Å²) >= 11 is 0. The molecule has 64 valence electrons. The number of esters is 1. The van der Waals surface area contributed by atoms with E-state index in [4.69, 9.17) is 5.73 Å². The van der Waals surface area contributed by atoms with Crippen molar-refractivity contribution in [2.24, 2.45) is 5.73 Å². The summed E-state index contributed by atoms with van der Waals surface area (Å²) in [5, 5.41) is 0. The number of rotatable bonds is 5. The number of hydrogen-bond donors (Lipinski definition) is 1. The van der Waals surface area contributed by atoms with E-state index in [1.54, 1.807) is 0 Å². The molecule has 0 fully saturated rings. The van der Waals surface area contributed by atoms with Gasteiger partial charge >= 0.3 is 5.97 Å². The summed E-state index contributed by atoms with van der Waals surface area (Å²) in [6.45, 7) is 3.57. The zero-order valence-corrected chi connectivity index (χ0v) is 6.88. The summed E-state index contributed by atoms with van der Waals surface area (Å²) in [5.41, 5.74) is 5.46. The van der Waals surface area contributed by atoms with E-state index in [-0.39, 0.29) is 5.97 Å². The smallest absolute Gasteiger partial charge is 0.322 e. The number of hydrogen-bond acceptors (Lipinski definition) is 3. The van der Waals surface area contributed by atoms with Gasteiger partial charge in [-0.05, 0) is 19.3 Å². The lowest BCUT2D eigenvalue weighted by Crippen LogP contribution is -2.31. The van der Waals surface area contributed by atoms with Gasteiger partial charge in [0, 0.05) is 0 Å². The molecule has 0 aromatic carbocycles. The summed E-state index contributed by atoms with van der Waals surface area (Å²) in [4.78, 5) is 10.7. The molecule has 1 atom stereocenters. The third-order valence-electron chi connectivity index (χ3n) is 1.43. The predicted molar refractivity (Wildman–Crippen MR) is 44.0 cm³/mol. The second-order valence-electron chi connectivity index (χ2n) is 2.35. The van der Waals surface area contributed by atoms with Gasteiger partial charge in [0.05, 0.1) is 7.11 Å². The van der Waals surface area contributed by atoms with Crippen LogP contribution in [0.5, 0.6) is 0 Å². The van der Waals surface area contributed by atoms with Crippen LogP contribution in [0.4, 0.5) is 0 Å². The van der Waals surface area contributed by atoms with Gasteiger partial charge in [0.25, 0.3) is 0 Å². The maximum Gasteiger partial charge on any atom is 0.322 e. The van der Waals surface area contributed by atoms with Crippen LogP contribution in [0.2, 0.25) is 0 Å². The van der Waals surface area contributed by atoms with Gasteiger partial charge < -0.3 is 10.5 Å². The van der Waals surface area contributed by atoms with Gasteiger partial charge in [0.1, 0.15) is 6.04 Å². The Balaban J connectivity index is 3.43. The van der Waals surface area contributed by atoms with Crippen LogP contribution in [0.25, 0.3) is 0 Å². The molecular weight excluding hydrogens is 142 g/mol. The molecule has 0 bridgehead atoms. The Morgan fingerprint density at radius 1 is 1.82 bits per heavy atom. The van der Waals surface area contributed by atoms with E-state index >= 15 is 0 Å². The van der Waals surface area contributed by atoms with Crippen LogP contribution < -0.4 is 5.73 Å². The molecule has 0 spiro atoms. The van der Waals surface area contributed by atoms with Crippen molar-refractivity contribution in [2.75, 3.05) is 7.11 Å². The van der Waals surface area contributed by atoms with Gasteiger partial charge in [0.2, 0.25) is 0 Å². The summed E-state index contributed by atoms with van der Waals surface area (Å²) in [7, 11) is 1.34. The minimum Gasteiger partial charge on any atom is -0.468 e. The van der Waals surface area contributed by atoms with E-state index in [0.717, 1.165) is 12.8 Å². The number of allylic oxidation sites excluding steroid dienone is 1. The molecule has 0 radical (unpaired) electrons. The molecule has 3 heteroatoms. The second-order valence-corrected chi connectivity index (χ2v) is 2.35. The molecule has 1 unspecified atom stereocenters. The zero-order valence-electron chi connectivity index (χ0n) is 6.88. The topological polar surface area (TPSA) is 52.3 Å². The fourth-order valence-electron chi connectivity index (χ4n) is 0.751. The normalized spacial score (nSPS) is 12.2. The van der Waals surface area contributed by atoms with E-state index in [2.05, 4.69) is 11.3 Å². The number of unbranched alkanes of at least 4 members (excludes halogenated alkanes) is 1. The van der Waals surface area contributed by atoms with E-state index in [1.165, 1.54) is 7.11 Å². The molecular formula is C8H15NO2. The second kappa shape index (κ2) is 5.92. The number of methoxy groups -OCH3 is 1. The molecule has 0 aliphatic rings. The molecule has 0 aliphatic carbocycles. The van der Waals surface area contributed by atoms with Crippen LogP contribution in [0.15, 0.2) is 12.7 Å². The first-order chi connectivity index (χ1) is 5.22. The quantitative estimate of drug-likeness (QED) is 0.365. The summed E-state index contributed by atoms with van der Waals surface area (Å²) in [6, 6.07) is -0.472. The summed E-state index contributed by atoms with van der Waals surface area (Å²) < 4.78 is 4.45. The van der Waals surface area contributed by atoms with E-state index in [0.29, 0.717) is 6.42 Å². The number of carbonyl (C=O) groups excluding carboxylic acids is 1. The fourth-order valence-corrected chi connectivity index (χ4v) is 0.751. The molecule has 3 nitrogen and oxygen atoms in total. The van der Waals surface area contributed by atoms with Gasteiger partial charge in [-0.3, -0.25) is 4.79 Å². The molecule has 0 rings (SSSR count). The van der Waals surface area contributed by atoms with Crippen LogP contribution in [0, 0.1) is 0 Å².